The molecule has 0 aliphatic carbocycles. The highest BCUT2D eigenvalue weighted by Crippen LogP contribution is 2.18. The highest BCUT2D eigenvalue weighted by Gasteiger charge is 2.18. The Balaban J connectivity index is 3.38. The van der Waals surface area contributed by atoms with Crippen molar-refractivity contribution < 1.29 is 9.84 Å². The van der Waals surface area contributed by atoms with Gasteiger partial charge in [-0.3, -0.25) is 0 Å². The molecule has 0 saturated carbocycles. The average molecular weight is 231 g/mol. The number of aliphatic hydroxyl groups is 1. The number of rotatable bonds is 11. The zero-order valence-corrected chi connectivity index (χ0v) is 11.2. The highest BCUT2D eigenvalue weighted by molar-refractivity contribution is 4.73. The zero-order chi connectivity index (χ0) is 12.3. The van der Waals surface area contributed by atoms with Crippen LogP contribution >= 0.6 is 0 Å². The first-order chi connectivity index (χ1) is 7.62. The summed E-state index contributed by atoms with van der Waals surface area (Å²) in [4.78, 5) is 0. The van der Waals surface area contributed by atoms with Gasteiger partial charge in [0.2, 0.25) is 0 Å². The molecule has 0 rings (SSSR count). The minimum Gasteiger partial charge on any atom is -0.390 e. The Hall–Kier alpha value is -0.120. The molecule has 0 spiro atoms. The molecule has 0 saturated heterocycles. The van der Waals surface area contributed by atoms with Crippen molar-refractivity contribution in [2.45, 2.75) is 58.0 Å². The molecule has 3 nitrogen and oxygen atoms in total. The van der Waals surface area contributed by atoms with Crippen molar-refractivity contribution in [3.05, 3.63) is 0 Å². The van der Waals surface area contributed by atoms with Crippen LogP contribution in [0.15, 0.2) is 0 Å². The van der Waals surface area contributed by atoms with Gasteiger partial charge >= 0.3 is 0 Å². The molecular formula is C13H29NO2. The molecule has 0 radical (unpaired) electrons. The third-order valence-electron chi connectivity index (χ3n) is 2.89. The number of unbranched alkanes of at least 4 members (excludes halogenated alkanes) is 3. The van der Waals surface area contributed by atoms with Gasteiger partial charge in [-0.05, 0) is 26.3 Å². The number of hydrogen-bond acceptors (Lipinski definition) is 3. The standard InChI is InChI=1S/C13H29NO2/c1-4-5-6-7-8-13(2,15)9-10-14-11-12-16-3/h14-15H,4-12H2,1-3H3. The normalized spacial score (nSPS) is 15.0. The van der Waals surface area contributed by atoms with E-state index in [4.69, 9.17) is 4.74 Å². The van der Waals surface area contributed by atoms with E-state index in [0.29, 0.717) is 0 Å². The summed E-state index contributed by atoms with van der Waals surface area (Å²) in [6.45, 7) is 6.61. The predicted octanol–water partition coefficient (Wildman–Crippen LogP) is 2.33. The summed E-state index contributed by atoms with van der Waals surface area (Å²) < 4.78 is 4.94. The molecule has 0 fully saturated rings. The van der Waals surface area contributed by atoms with Crippen molar-refractivity contribution in [2.75, 3.05) is 26.8 Å². The minimum atomic E-state index is -0.506. The summed E-state index contributed by atoms with van der Waals surface area (Å²) in [7, 11) is 1.70. The number of nitrogens with one attached hydrogen (secondary N) is 1. The Morgan fingerprint density at radius 2 is 1.88 bits per heavy atom. The van der Waals surface area contributed by atoms with Gasteiger partial charge in [0.05, 0.1) is 12.2 Å². The lowest BCUT2D eigenvalue weighted by Gasteiger charge is -2.23. The maximum Gasteiger partial charge on any atom is 0.0631 e. The third kappa shape index (κ3) is 10.4. The molecular weight excluding hydrogens is 202 g/mol. The highest BCUT2D eigenvalue weighted by atomic mass is 16.5. The van der Waals surface area contributed by atoms with Crippen LogP contribution in [-0.2, 0) is 4.74 Å². The van der Waals surface area contributed by atoms with Crippen molar-refractivity contribution in [3.63, 3.8) is 0 Å². The van der Waals surface area contributed by atoms with Crippen LogP contribution < -0.4 is 5.32 Å². The Morgan fingerprint density at radius 1 is 1.12 bits per heavy atom. The number of ether oxygens (including phenoxy) is 1. The molecule has 3 heteroatoms. The van der Waals surface area contributed by atoms with E-state index >= 15 is 0 Å². The first-order valence-corrected chi connectivity index (χ1v) is 6.54. The van der Waals surface area contributed by atoms with Gasteiger partial charge in [-0.15, -0.1) is 0 Å². The number of hydrogen-bond donors (Lipinski definition) is 2. The fourth-order valence-electron chi connectivity index (χ4n) is 1.71. The average Bonchev–Trinajstić information content (AvgIpc) is 2.24. The van der Waals surface area contributed by atoms with Gasteiger partial charge in [-0.2, -0.15) is 0 Å². The smallest absolute Gasteiger partial charge is 0.0631 e. The van der Waals surface area contributed by atoms with Crippen molar-refractivity contribution in [2.24, 2.45) is 0 Å². The molecule has 0 aromatic rings. The molecule has 0 aliphatic heterocycles. The second-order valence-corrected chi connectivity index (χ2v) is 4.80. The molecule has 0 amide bonds. The van der Waals surface area contributed by atoms with Gasteiger partial charge in [-0.25, -0.2) is 0 Å². The van der Waals surface area contributed by atoms with E-state index in [0.717, 1.165) is 39.0 Å². The Morgan fingerprint density at radius 3 is 2.50 bits per heavy atom. The van der Waals surface area contributed by atoms with E-state index in [1.807, 2.05) is 6.92 Å². The lowest BCUT2D eigenvalue weighted by atomic mass is 9.94. The summed E-state index contributed by atoms with van der Waals surface area (Å²) in [5.41, 5.74) is -0.506. The minimum absolute atomic E-state index is 0.506. The van der Waals surface area contributed by atoms with E-state index in [2.05, 4.69) is 12.2 Å². The van der Waals surface area contributed by atoms with Crippen LogP contribution in [0.3, 0.4) is 0 Å². The molecule has 0 aliphatic rings. The van der Waals surface area contributed by atoms with E-state index in [1.165, 1.54) is 19.3 Å². The van der Waals surface area contributed by atoms with Gasteiger partial charge in [0.15, 0.2) is 0 Å². The van der Waals surface area contributed by atoms with Crippen molar-refractivity contribution in [1.29, 1.82) is 0 Å². The lowest BCUT2D eigenvalue weighted by molar-refractivity contribution is 0.0392. The van der Waals surface area contributed by atoms with Crippen LogP contribution in [0.5, 0.6) is 0 Å². The molecule has 0 aromatic carbocycles. The van der Waals surface area contributed by atoms with E-state index in [9.17, 15) is 5.11 Å². The fourth-order valence-corrected chi connectivity index (χ4v) is 1.71. The van der Waals surface area contributed by atoms with E-state index < -0.39 is 5.60 Å². The number of methoxy groups -OCH3 is 1. The first-order valence-electron chi connectivity index (χ1n) is 6.54. The predicted molar refractivity (Wildman–Crippen MR) is 68.7 cm³/mol. The largest absolute Gasteiger partial charge is 0.390 e. The van der Waals surface area contributed by atoms with Crippen LogP contribution in [0, 0.1) is 0 Å². The second-order valence-electron chi connectivity index (χ2n) is 4.80. The van der Waals surface area contributed by atoms with Gasteiger partial charge in [0.25, 0.3) is 0 Å². The Kier molecular flexibility index (Phi) is 9.99. The first kappa shape index (κ1) is 15.9. The topological polar surface area (TPSA) is 41.5 Å². The molecule has 1 atom stereocenters. The molecule has 2 N–H and O–H groups in total. The Bertz CT molecular complexity index is 149. The molecule has 1 unspecified atom stereocenters. The molecule has 0 aromatic heterocycles. The third-order valence-corrected chi connectivity index (χ3v) is 2.89. The van der Waals surface area contributed by atoms with Crippen LogP contribution in [0.1, 0.15) is 52.4 Å². The van der Waals surface area contributed by atoms with Gasteiger partial charge < -0.3 is 15.2 Å². The van der Waals surface area contributed by atoms with Gasteiger partial charge in [0.1, 0.15) is 0 Å². The van der Waals surface area contributed by atoms with Crippen LogP contribution in [0.4, 0.5) is 0 Å². The van der Waals surface area contributed by atoms with Crippen LogP contribution in [0.25, 0.3) is 0 Å². The maximum absolute atomic E-state index is 10.1. The quantitative estimate of drug-likeness (QED) is 0.536. The SMILES string of the molecule is CCCCCCC(C)(O)CCNCCOC. The van der Waals surface area contributed by atoms with Crippen LogP contribution in [-0.4, -0.2) is 37.5 Å². The van der Waals surface area contributed by atoms with E-state index in [-0.39, 0.29) is 0 Å². The zero-order valence-electron chi connectivity index (χ0n) is 11.2. The summed E-state index contributed by atoms with van der Waals surface area (Å²) in [6.07, 6.45) is 6.65. The van der Waals surface area contributed by atoms with Gasteiger partial charge in [-0.1, -0.05) is 32.6 Å². The molecule has 0 bridgehead atoms. The molecule has 98 valence electrons. The Labute approximate surface area is 101 Å². The van der Waals surface area contributed by atoms with Crippen molar-refractivity contribution in [1.82, 2.24) is 5.32 Å². The maximum atomic E-state index is 10.1. The second kappa shape index (κ2) is 10.1. The van der Waals surface area contributed by atoms with Crippen molar-refractivity contribution >= 4 is 0 Å². The van der Waals surface area contributed by atoms with Gasteiger partial charge in [0, 0.05) is 13.7 Å². The summed E-state index contributed by atoms with van der Waals surface area (Å²) >= 11 is 0. The monoisotopic (exact) mass is 231 g/mol. The summed E-state index contributed by atoms with van der Waals surface area (Å²) in [5.74, 6) is 0. The molecule has 0 heterocycles. The van der Waals surface area contributed by atoms with Crippen LogP contribution in [0.2, 0.25) is 0 Å². The van der Waals surface area contributed by atoms with E-state index in [1.54, 1.807) is 7.11 Å². The summed E-state index contributed by atoms with van der Waals surface area (Å²) in [6, 6.07) is 0. The van der Waals surface area contributed by atoms with Crippen molar-refractivity contribution in [3.8, 4) is 0 Å². The molecule has 16 heavy (non-hydrogen) atoms. The summed E-state index contributed by atoms with van der Waals surface area (Å²) in [5, 5.41) is 13.4. The fraction of sp³-hybridized carbons (Fsp3) is 1.00. The lowest BCUT2D eigenvalue weighted by Crippen LogP contribution is -2.31.